The third kappa shape index (κ3) is 3.81. The van der Waals surface area contributed by atoms with Crippen LogP contribution in [0, 0.1) is 0 Å². The first-order chi connectivity index (χ1) is 2.56. The van der Waals surface area contributed by atoms with Crippen LogP contribution in [0.25, 0.3) is 0 Å². The van der Waals surface area contributed by atoms with Gasteiger partial charge in [-0.25, -0.2) is 0 Å². The van der Waals surface area contributed by atoms with Crippen LogP contribution in [0.15, 0.2) is 0 Å². The van der Waals surface area contributed by atoms with Crippen molar-refractivity contribution in [3.05, 3.63) is 0 Å². The molecule has 0 amide bonds. The molecular weight excluding hydrogens is 93.8 g/mol. The molecule has 0 bridgehead atoms. The zero-order valence-corrected chi connectivity index (χ0v) is 2.92. The van der Waals surface area contributed by atoms with Crippen molar-refractivity contribution in [1.29, 1.82) is 0 Å². The standard InChI is InChI=1S/CH3BF3N/c3-1(4,5)2-6/h2H,6H2. The Morgan fingerprint density at radius 2 is 1.50 bits per heavy atom. The van der Waals surface area contributed by atoms with E-state index in [1.165, 1.54) is 0 Å². The fourth-order valence-electron chi connectivity index (χ4n) is 0. The average molecular weight is 96.8 g/mol. The highest BCUT2D eigenvalue weighted by molar-refractivity contribution is 6.33. The van der Waals surface area contributed by atoms with Gasteiger partial charge in [0, 0.05) is 0 Å². The molecule has 0 saturated carbocycles. The minimum absolute atomic E-state index is 1.23. The first kappa shape index (κ1) is 5.81. The van der Waals surface area contributed by atoms with E-state index in [0.717, 1.165) is 0 Å². The van der Waals surface area contributed by atoms with Crippen molar-refractivity contribution in [2.45, 2.75) is 6.08 Å². The highest BCUT2D eigenvalue weighted by Gasteiger charge is 2.25. The third-order valence-corrected chi connectivity index (χ3v) is 0.231. The molecule has 36 valence electrons. The lowest BCUT2D eigenvalue weighted by Crippen LogP contribution is -2.26. The maximum absolute atomic E-state index is 10.7. The maximum Gasteiger partial charge on any atom is 0.358 e. The van der Waals surface area contributed by atoms with E-state index in [1.807, 2.05) is 0 Å². The van der Waals surface area contributed by atoms with E-state index < -0.39 is 13.5 Å². The van der Waals surface area contributed by atoms with Gasteiger partial charge in [-0.2, -0.15) is 13.2 Å². The fraction of sp³-hybridized carbons (Fsp3) is 1.00. The molecule has 0 aliphatic carbocycles. The molecule has 0 aromatic heterocycles. The molecule has 1 nitrogen and oxygen atoms in total. The van der Waals surface area contributed by atoms with Crippen LogP contribution in [0.2, 0.25) is 0 Å². The average Bonchev–Trinajstić information content (AvgIpc) is 1.35. The summed E-state index contributed by atoms with van der Waals surface area (Å²) in [6.45, 7) is 0. The van der Waals surface area contributed by atoms with Crippen LogP contribution in [-0.2, 0) is 0 Å². The first-order valence-electron chi connectivity index (χ1n) is 1.33. The number of hydrogen-bond donors (Lipinski definition) is 1. The van der Waals surface area contributed by atoms with Gasteiger partial charge < -0.3 is 5.64 Å². The predicted molar refractivity (Wildman–Crippen MR) is 17.4 cm³/mol. The Hall–Kier alpha value is -0.185. The summed E-state index contributed by atoms with van der Waals surface area (Å²) in [5.74, 6) is 0. The van der Waals surface area contributed by atoms with Crippen LogP contribution >= 0.6 is 0 Å². The summed E-state index contributed by atoms with van der Waals surface area (Å²) in [5, 5.41) is 0. The summed E-state index contributed by atoms with van der Waals surface area (Å²) in [6.07, 6.45) is -4.18. The minimum Gasteiger partial charge on any atom is -0.365 e. The Morgan fingerprint density at radius 1 is 1.33 bits per heavy atom. The minimum atomic E-state index is -4.18. The lowest BCUT2D eigenvalue weighted by molar-refractivity contribution is -0.0472. The van der Waals surface area contributed by atoms with Crippen molar-refractivity contribution in [2.75, 3.05) is 0 Å². The summed E-state index contributed by atoms with van der Waals surface area (Å²) in [6, 6.07) is 0. The second-order valence-electron chi connectivity index (χ2n) is 0.819. The Kier molecular flexibility index (Phi) is 1.46. The second kappa shape index (κ2) is 1.51. The summed E-state index contributed by atoms with van der Waals surface area (Å²) in [7, 11) is -1.23. The van der Waals surface area contributed by atoms with Crippen LogP contribution in [0.4, 0.5) is 13.2 Å². The van der Waals surface area contributed by atoms with Gasteiger partial charge in [-0.1, -0.05) is 0 Å². The van der Waals surface area contributed by atoms with Crippen molar-refractivity contribution in [1.82, 2.24) is 0 Å². The molecule has 0 fully saturated rings. The molecule has 5 heteroatoms. The first-order valence-corrected chi connectivity index (χ1v) is 1.33. The van der Waals surface area contributed by atoms with Gasteiger partial charge in [0.05, 0.1) is 0 Å². The lowest BCUT2D eigenvalue weighted by atomic mass is 9.98. The van der Waals surface area contributed by atoms with Crippen LogP contribution in [0.3, 0.4) is 0 Å². The molecule has 0 heterocycles. The number of alkyl halides is 3. The third-order valence-electron chi connectivity index (χ3n) is 0.231. The molecular formula is CH3BF3N. The number of hydrogen-bond acceptors (Lipinski definition) is 1. The van der Waals surface area contributed by atoms with Crippen LogP contribution in [0.1, 0.15) is 0 Å². The van der Waals surface area contributed by atoms with Gasteiger partial charge in [0.25, 0.3) is 0 Å². The van der Waals surface area contributed by atoms with Crippen molar-refractivity contribution in [2.24, 2.45) is 5.64 Å². The number of rotatable bonds is 0. The smallest absolute Gasteiger partial charge is 0.358 e. The number of halogens is 3. The van der Waals surface area contributed by atoms with Gasteiger partial charge in [-0.3, -0.25) is 0 Å². The molecule has 0 saturated heterocycles. The zero-order valence-electron chi connectivity index (χ0n) is 2.92. The highest BCUT2D eigenvalue weighted by atomic mass is 19.4. The Labute approximate surface area is 33.6 Å². The monoisotopic (exact) mass is 97.0 g/mol. The topological polar surface area (TPSA) is 26.0 Å². The molecule has 0 atom stereocenters. The molecule has 0 spiro atoms. The molecule has 0 aliphatic rings. The summed E-state index contributed by atoms with van der Waals surface area (Å²) in [5.41, 5.74) is 4.18. The van der Waals surface area contributed by atoms with E-state index in [1.54, 1.807) is 0 Å². The summed E-state index contributed by atoms with van der Waals surface area (Å²) < 4.78 is 32.0. The van der Waals surface area contributed by atoms with Gasteiger partial charge in [0.2, 0.25) is 0 Å². The molecule has 2 N–H and O–H groups in total. The summed E-state index contributed by atoms with van der Waals surface area (Å²) >= 11 is 0. The highest BCUT2D eigenvalue weighted by Crippen LogP contribution is 2.08. The van der Waals surface area contributed by atoms with E-state index in [9.17, 15) is 13.2 Å². The van der Waals surface area contributed by atoms with Crippen LogP contribution in [-0.4, -0.2) is 13.5 Å². The maximum atomic E-state index is 10.7. The van der Waals surface area contributed by atoms with Crippen molar-refractivity contribution < 1.29 is 13.2 Å². The second-order valence-corrected chi connectivity index (χ2v) is 0.819. The molecule has 0 radical (unpaired) electrons. The normalized spacial score (nSPS) is 11.3. The Morgan fingerprint density at radius 3 is 1.50 bits per heavy atom. The molecule has 0 rings (SSSR count). The molecule has 0 aromatic carbocycles. The van der Waals surface area contributed by atoms with Gasteiger partial charge in [0.15, 0.2) is 0 Å². The van der Waals surface area contributed by atoms with Gasteiger partial charge in [-0.15, -0.1) is 0 Å². The van der Waals surface area contributed by atoms with E-state index in [-0.39, 0.29) is 0 Å². The van der Waals surface area contributed by atoms with E-state index >= 15 is 0 Å². The fourth-order valence-corrected chi connectivity index (χ4v) is 0. The molecule has 6 heavy (non-hydrogen) atoms. The van der Waals surface area contributed by atoms with Crippen molar-refractivity contribution >= 4 is 7.41 Å². The SMILES string of the molecule is NBC(F)(F)F. The lowest BCUT2D eigenvalue weighted by Gasteiger charge is -1.95. The van der Waals surface area contributed by atoms with Crippen LogP contribution in [0.5, 0.6) is 0 Å². The van der Waals surface area contributed by atoms with Gasteiger partial charge in [-0.05, 0) is 0 Å². The van der Waals surface area contributed by atoms with Crippen molar-refractivity contribution in [3.63, 3.8) is 0 Å². The van der Waals surface area contributed by atoms with Crippen LogP contribution < -0.4 is 5.64 Å². The van der Waals surface area contributed by atoms with Gasteiger partial charge in [0.1, 0.15) is 0 Å². The zero-order chi connectivity index (χ0) is 5.21. The molecule has 0 unspecified atom stereocenters. The number of nitrogens with two attached hydrogens (primary N) is 1. The summed E-state index contributed by atoms with van der Waals surface area (Å²) in [4.78, 5) is 0. The Bertz CT molecular complexity index is 40.5. The Balaban J connectivity index is 3.17. The van der Waals surface area contributed by atoms with Crippen molar-refractivity contribution in [3.8, 4) is 0 Å². The largest absolute Gasteiger partial charge is 0.365 e. The van der Waals surface area contributed by atoms with E-state index in [0.29, 0.717) is 0 Å². The quantitative estimate of drug-likeness (QED) is 0.416. The van der Waals surface area contributed by atoms with Gasteiger partial charge >= 0.3 is 13.5 Å². The van der Waals surface area contributed by atoms with E-state index in [4.69, 9.17) is 0 Å². The predicted octanol–water partition coefficient (Wildman–Crippen LogP) is -0.184. The molecule has 0 aromatic rings. The molecule has 0 aliphatic heterocycles. The van der Waals surface area contributed by atoms with E-state index in [2.05, 4.69) is 5.64 Å².